The molecule has 1 aromatic carbocycles. The number of nitrogens with one attached hydrogen (secondary N) is 2. The molecule has 0 atom stereocenters. The predicted octanol–water partition coefficient (Wildman–Crippen LogP) is 2.67. The van der Waals surface area contributed by atoms with Gasteiger partial charge in [-0.15, -0.1) is 0 Å². The summed E-state index contributed by atoms with van der Waals surface area (Å²) in [5, 5.41) is 5.24. The summed E-state index contributed by atoms with van der Waals surface area (Å²) in [7, 11) is 0. The van der Waals surface area contributed by atoms with Crippen LogP contribution in [-0.2, 0) is 5.41 Å². The number of hydrogen-bond donors (Lipinski definition) is 2. The summed E-state index contributed by atoms with van der Waals surface area (Å²) in [5.74, 6) is 0. The highest BCUT2D eigenvalue weighted by atomic mass is 16.1. The Morgan fingerprint density at radius 1 is 1.06 bits per heavy atom. The van der Waals surface area contributed by atoms with Crippen LogP contribution in [0.2, 0.25) is 0 Å². The molecule has 0 aliphatic rings. The molecule has 0 radical (unpaired) electrons. The van der Waals surface area contributed by atoms with Gasteiger partial charge in [0, 0.05) is 6.20 Å². The molecule has 3 heteroatoms. The van der Waals surface area contributed by atoms with Crippen molar-refractivity contribution in [3.05, 3.63) is 46.4 Å². The Morgan fingerprint density at radius 3 is 2.12 bits per heavy atom. The molecule has 2 N–H and O–H groups in total. The Balaban J connectivity index is 2.41. The molecular weight excluding hydrogens is 200 g/mol. The van der Waals surface area contributed by atoms with E-state index < -0.39 is 0 Å². The van der Waals surface area contributed by atoms with Gasteiger partial charge in [-0.2, -0.15) is 0 Å². The van der Waals surface area contributed by atoms with Crippen LogP contribution in [0.4, 0.5) is 0 Å². The number of rotatable bonds is 1. The van der Waals surface area contributed by atoms with Crippen LogP contribution < -0.4 is 5.56 Å². The third-order valence-corrected chi connectivity index (χ3v) is 2.71. The smallest absolute Gasteiger partial charge is 0.271 e. The predicted molar refractivity (Wildman–Crippen MR) is 65.5 cm³/mol. The number of hydrogen-bond acceptors (Lipinski definition) is 1. The lowest BCUT2D eigenvalue weighted by molar-refractivity contribution is 0.590. The van der Waals surface area contributed by atoms with Crippen LogP contribution in [0.25, 0.3) is 11.1 Å². The molecule has 0 spiro atoms. The average Bonchev–Trinajstić information content (AvgIpc) is 2.63. The largest absolute Gasteiger partial charge is 0.305 e. The molecule has 0 fully saturated rings. The van der Waals surface area contributed by atoms with Crippen LogP contribution in [0.15, 0.2) is 35.3 Å². The van der Waals surface area contributed by atoms with Crippen LogP contribution in [-0.4, -0.2) is 10.2 Å². The van der Waals surface area contributed by atoms with Crippen molar-refractivity contribution in [2.24, 2.45) is 0 Å². The summed E-state index contributed by atoms with van der Waals surface area (Å²) in [6, 6.07) is 8.11. The van der Waals surface area contributed by atoms with Gasteiger partial charge in [-0.25, -0.2) is 0 Å². The molecule has 3 nitrogen and oxygen atoms in total. The first-order valence-corrected chi connectivity index (χ1v) is 5.35. The first-order valence-electron chi connectivity index (χ1n) is 5.35. The van der Waals surface area contributed by atoms with E-state index >= 15 is 0 Å². The molecule has 2 aromatic rings. The molecule has 0 saturated carbocycles. The molecule has 0 aliphatic heterocycles. The lowest BCUT2D eigenvalue weighted by atomic mass is 9.86. The van der Waals surface area contributed by atoms with E-state index in [1.165, 1.54) is 5.56 Å². The minimum Gasteiger partial charge on any atom is -0.305 e. The van der Waals surface area contributed by atoms with Crippen LogP contribution in [0.1, 0.15) is 26.3 Å². The highest BCUT2D eigenvalue weighted by Crippen LogP contribution is 2.24. The van der Waals surface area contributed by atoms with Crippen molar-refractivity contribution in [2.75, 3.05) is 0 Å². The van der Waals surface area contributed by atoms with Crippen molar-refractivity contribution in [3.63, 3.8) is 0 Å². The molecule has 0 unspecified atom stereocenters. The van der Waals surface area contributed by atoms with E-state index in [0.29, 0.717) is 5.56 Å². The number of benzene rings is 1. The molecule has 16 heavy (non-hydrogen) atoms. The van der Waals surface area contributed by atoms with E-state index in [1.807, 2.05) is 12.1 Å². The second-order valence-corrected chi connectivity index (χ2v) is 4.98. The van der Waals surface area contributed by atoms with Gasteiger partial charge in [0.05, 0.1) is 5.56 Å². The third-order valence-electron chi connectivity index (χ3n) is 2.71. The molecule has 0 bridgehead atoms. The number of aromatic amines is 2. The normalized spacial score (nSPS) is 11.7. The number of H-pyrrole nitrogens is 2. The maximum absolute atomic E-state index is 11.4. The van der Waals surface area contributed by atoms with E-state index in [0.717, 1.165) is 5.56 Å². The Hall–Kier alpha value is -1.77. The fraction of sp³-hybridized carbons (Fsp3) is 0.308. The Bertz CT molecular complexity index is 526. The Morgan fingerprint density at radius 2 is 1.69 bits per heavy atom. The van der Waals surface area contributed by atoms with E-state index in [2.05, 4.69) is 43.1 Å². The van der Waals surface area contributed by atoms with Crippen molar-refractivity contribution in [1.29, 1.82) is 0 Å². The maximum Gasteiger partial charge on any atom is 0.271 e. The zero-order valence-electron chi connectivity index (χ0n) is 9.79. The van der Waals surface area contributed by atoms with Crippen LogP contribution in [0, 0.1) is 0 Å². The molecule has 2 rings (SSSR count). The fourth-order valence-electron chi connectivity index (χ4n) is 1.67. The van der Waals surface area contributed by atoms with E-state index in [-0.39, 0.29) is 11.0 Å². The minimum atomic E-state index is -0.0801. The Labute approximate surface area is 94.5 Å². The highest BCUT2D eigenvalue weighted by Gasteiger charge is 2.13. The lowest BCUT2D eigenvalue weighted by Crippen LogP contribution is -2.10. The van der Waals surface area contributed by atoms with Gasteiger partial charge >= 0.3 is 0 Å². The lowest BCUT2D eigenvalue weighted by Gasteiger charge is -2.18. The van der Waals surface area contributed by atoms with Gasteiger partial charge in [-0.3, -0.25) is 9.89 Å². The summed E-state index contributed by atoms with van der Waals surface area (Å²) in [4.78, 5) is 11.4. The highest BCUT2D eigenvalue weighted by molar-refractivity contribution is 5.61. The van der Waals surface area contributed by atoms with Gasteiger partial charge in [0.2, 0.25) is 0 Å². The standard InChI is InChI=1S/C13H16N2O/c1-13(2,3)10-6-4-9(5-7-10)11-8-14-15-12(11)16/h4-8H,1-3H3,(H2,14,15,16). The third kappa shape index (κ3) is 1.94. The SMILES string of the molecule is CC(C)(C)c1ccc(-c2c[nH][nH]c2=O)cc1. The quantitative estimate of drug-likeness (QED) is 0.756. The maximum atomic E-state index is 11.4. The van der Waals surface area contributed by atoms with Gasteiger partial charge < -0.3 is 5.10 Å². The van der Waals surface area contributed by atoms with Gasteiger partial charge in [0.25, 0.3) is 5.56 Å². The second kappa shape index (κ2) is 3.67. The van der Waals surface area contributed by atoms with Crippen molar-refractivity contribution < 1.29 is 0 Å². The molecule has 0 saturated heterocycles. The fourth-order valence-corrected chi connectivity index (χ4v) is 1.67. The molecular formula is C13H16N2O. The molecule has 1 aromatic heterocycles. The van der Waals surface area contributed by atoms with Gasteiger partial charge in [-0.1, -0.05) is 45.0 Å². The van der Waals surface area contributed by atoms with Gasteiger partial charge in [0.1, 0.15) is 0 Å². The monoisotopic (exact) mass is 216 g/mol. The van der Waals surface area contributed by atoms with Gasteiger partial charge in [0.15, 0.2) is 0 Å². The van der Waals surface area contributed by atoms with Crippen LogP contribution in [0.5, 0.6) is 0 Å². The van der Waals surface area contributed by atoms with Crippen molar-refractivity contribution in [2.45, 2.75) is 26.2 Å². The van der Waals surface area contributed by atoms with Crippen LogP contribution in [0.3, 0.4) is 0 Å². The summed E-state index contributed by atoms with van der Waals surface area (Å²) in [6.07, 6.45) is 1.69. The Kier molecular flexibility index (Phi) is 2.46. The first kappa shape index (κ1) is 10.7. The van der Waals surface area contributed by atoms with E-state index in [4.69, 9.17) is 0 Å². The van der Waals surface area contributed by atoms with Crippen molar-refractivity contribution in [3.8, 4) is 11.1 Å². The molecule has 0 aliphatic carbocycles. The minimum absolute atomic E-state index is 0.0801. The first-order chi connectivity index (χ1) is 7.48. The summed E-state index contributed by atoms with van der Waals surface area (Å²) < 4.78 is 0. The van der Waals surface area contributed by atoms with Crippen LogP contribution >= 0.6 is 0 Å². The summed E-state index contributed by atoms with van der Waals surface area (Å²) in [6.45, 7) is 6.52. The average molecular weight is 216 g/mol. The molecule has 0 amide bonds. The molecule has 84 valence electrons. The molecule has 1 heterocycles. The summed E-state index contributed by atoms with van der Waals surface area (Å²) in [5.41, 5.74) is 2.95. The zero-order valence-corrected chi connectivity index (χ0v) is 9.79. The van der Waals surface area contributed by atoms with E-state index in [9.17, 15) is 4.79 Å². The summed E-state index contributed by atoms with van der Waals surface area (Å²) >= 11 is 0. The van der Waals surface area contributed by atoms with E-state index in [1.54, 1.807) is 6.20 Å². The van der Waals surface area contributed by atoms with Crippen molar-refractivity contribution >= 4 is 0 Å². The van der Waals surface area contributed by atoms with Gasteiger partial charge in [-0.05, 0) is 16.5 Å². The van der Waals surface area contributed by atoms with Crippen molar-refractivity contribution in [1.82, 2.24) is 10.2 Å². The topological polar surface area (TPSA) is 48.6 Å². The zero-order chi connectivity index (χ0) is 11.8. The second-order valence-electron chi connectivity index (χ2n) is 4.98. The number of aromatic nitrogens is 2.